The van der Waals surface area contributed by atoms with Gasteiger partial charge in [0.1, 0.15) is 3.70 Å². The van der Waals surface area contributed by atoms with Crippen molar-refractivity contribution in [1.82, 2.24) is 4.98 Å². The molecule has 0 aliphatic rings. The molecular formula is C9H6BrF2IN2. The van der Waals surface area contributed by atoms with Gasteiger partial charge in [0.15, 0.2) is 0 Å². The summed E-state index contributed by atoms with van der Waals surface area (Å²) in [6.07, 6.45) is -2.67. The van der Waals surface area contributed by atoms with Crippen molar-refractivity contribution in [2.24, 2.45) is 0 Å². The highest BCUT2D eigenvalue weighted by atomic mass is 127. The third kappa shape index (κ3) is 3.08. The second kappa shape index (κ2) is 5.70. The summed E-state index contributed by atoms with van der Waals surface area (Å²) in [7, 11) is 0. The predicted octanol–water partition coefficient (Wildman–Crippen LogP) is 3.58. The van der Waals surface area contributed by atoms with Crippen molar-refractivity contribution >= 4 is 38.5 Å². The van der Waals surface area contributed by atoms with Crippen LogP contribution in [0.2, 0.25) is 0 Å². The highest BCUT2D eigenvalue weighted by molar-refractivity contribution is 14.1. The standard InChI is InChI=1S/C9H6BrF2IN2/c10-4-5-3-6(8(11)12)7(1-2-14)15-9(5)13/h3,8H,1,4H2. The first-order chi connectivity index (χ1) is 7.10. The Morgan fingerprint density at radius 1 is 1.60 bits per heavy atom. The van der Waals surface area contributed by atoms with Crippen LogP contribution in [-0.4, -0.2) is 4.98 Å². The van der Waals surface area contributed by atoms with Crippen molar-refractivity contribution in [2.75, 3.05) is 0 Å². The van der Waals surface area contributed by atoms with Gasteiger partial charge in [-0.05, 0) is 34.2 Å². The quantitative estimate of drug-likeness (QED) is 0.452. The molecule has 1 aromatic heterocycles. The lowest BCUT2D eigenvalue weighted by molar-refractivity contribution is 0.149. The Bertz CT molecular complexity index is 404. The van der Waals surface area contributed by atoms with E-state index in [0.29, 0.717) is 14.6 Å². The zero-order chi connectivity index (χ0) is 11.4. The van der Waals surface area contributed by atoms with E-state index in [-0.39, 0.29) is 17.7 Å². The van der Waals surface area contributed by atoms with Crippen LogP contribution < -0.4 is 0 Å². The molecule has 0 spiro atoms. The van der Waals surface area contributed by atoms with Gasteiger partial charge < -0.3 is 0 Å². The summed E-state index contributed by atoms with van der Waals surface area (Å²) >= 11 is 5.17. The molecule has 0 aliphatic heterocycles. The smallest absolute Gasteiger partial charge is 0.245 e. The summed E-state index contributed by atoms with van der Waals surface area (Å²) in [5.41, 5.74) is 0.737. The van der Waals surface area contributed by atoms with Gasteiger partial charge >= 0.3 is 0 Å². The Balaban J connectivity index is 3.26. The van der Waals surface area contributed by atoms with Crippen LogP contribution in [0.1, 0.15) is 23.2 Å². The summed E-state index contributed by atoms with van der Waals surface area (Å²) in [6.45, 7) is 0. The number of nitriles is 1. The van der Waals surface area contributed by atoms with Crippen molar-refractivity contribution in [2.45, 2.75) is 18.2 Å². The molecule has 0 radical (unpaired) electrons. The SMILES string of the molecule is N#CCc1nc(I)c(CBr)cc1C(F)F. The minimum Gasteiger partial charge on any atom is -0.245 e. The number of rotatable bonds is 3. The van der Waals surface area contributed by atoms with E-state index in [1.165, 1.54) is 6.07 Å². The molecule has 0 amide bonds. The highest BCUT2D eigenvalue weighted by Gasteiger charge is 2.16. The van der Waals surface area contributed by atoms with Gasteiger partial charge in [-0.25, -0.2) is 13.8 Å². The van der Waals surface area contributed by atoms with Gasteiger partial charge in [0.25, 0.3) is 6.43 Å². The fraction of sp³-hybridized carbons (Fsp3) is 0.333. The van der Waals surface area contributed by atoms with Gasteiger partial charge in [0.2, 0.25) is 0 Å². The summed E-state index contributed by atoms with van der Waals surface area (Å²) in [6, 6.07) is 3.24. The molecule has 1 heterocycles. The molecule has 80 valence electrons. The lowest BCUT2D eigenvalue weighted by atomic mass is 10.1. The van der Waals surface area contributed by atoms with E-state index >= 15 is 0 Å². The number of hydrogen-bond donors (Lipinski definition) is 0. The van der Waals surface area contributed by atoms with Crippen LogP contribution in [0.5, 0.6) is 0 Å². The third-order valence-electron chi connectivity index (χ3n) is 1.79. The number of hydrogen-bond acceptors (Lipinski definition) is 2. The van der Waals surface area contributed by atoms with Crippen LogP contribution >= 0.6 is 38.5 Å². The van der Waals surface area contributed by atoms with Gasteiger partial charge in [-0.2, -0.15) is 5.26 Å². The van der Waals surface area contributed by atoms with Crippen LogP contribution in [0.25, 0.3) is 0 Å². The topological polar surface area (TPSA) is 36.7 Å². The summed E-state index contributed by atoms with van der Waals surface area (Å²) < 4.78 is 25.9. The molecule has 0 N–H and O–H groups in total. The van der Waals surface area contributed by atoms with Gasteiger partial charge in [-0.3, -0.25) is 0 Å². The second-order valence-corrected chi connectivity index (χ2v) is 4.33. The van der Waals surface area contributed by atoms with Crippen molar-refractivity contribution in [1.29, 1.82) is 5.26 Å². The molecular weight excluding hydrogens is 381 g/mol. The molecule has 0 fully saturated rings. The summed E-state index contributed by atoms with van der Waals surface area (Å²) in [4.78, 5) is 4.01. The lowest BCUT2D eigenvalue weighted by Crippen LogP contribution is -2.02. The monoisotopic (exact) mass is 386 g/mol. The number of halogens is 4. The third-order valence-corrected chi connectivity index (χ3v) is 3.32. The fourth-order valence-electron chi connectivity index (χ4n) is 1.08. The molecule has 0 atom stereocenters. The van der Waals surface area contributed by atoms with E-state index in [9.17, 15) is 8.78 Å². The molecule has 1 rings (SSSR count). The van der Waals surface area contributed by atoms with E-state index in [1.54, 1.807) is 0 Å². The highest BCUT2D eigenvalue weighted by Crippen LogP contribution is 2.26. The molecule has 0 aliphatic carbocycles. The molecule has 0 bridgehead atoms. The van der Waals surface area contributed by atoms with Crippen molar-refractivity contribution in [3.05, 3.63) is 26.6 Å². The van der Waals surface area contributed by atoms with E-state index in [0.717, 1.165) is 0 Å². The predicted molar refractivity (Wildman–Crippen MR) is 63.9 cm³/mol. The van der Waals surface area contributed by atoms with Crippen LogP contribution in [0, 0.1) is 15.0 Å². The van der Waals surface area contributed by atoms with Crippen LogP contribution in [-0.2, 0) is 11.8 Å². The molecule has 0 aromatic carbocycles. The average molecular weight is 387 g/mol. The maximum Gasteiger partial charge on any atom is 0.265 e. The molecule has 0 unspecified atom stereocenters. The van der Waals surface area contributed by atoms with Crippen molar-refractivity contribution < 1.29 is 8.78 Å². The molecule has 2 nitrogen and oxygen atoms in total. The number of aromatic nitrogens is 1. The first-order valence-corrected chi connectivity index (χ1v) is 6.19. The van der Waals surface area contributed by atoms with E-state index in [2.05, 4.69) is 20.9 Å². The van der Waals surface area contributed by atoms with Crippen LogP contribution in [0.3, 0.4) is 0 Å². The van der Waals surface area contributed by atoms with Crippen molar-refractivity contribution in [3.8, 4) is 6.07 Å². The molecule has 0 saturated heterocycles. The van der Waals surface area contributed by atoms with Gasteiger partial charge in [0.05, 0.1) is 18.2 Å². The Morgan fingerprint density at radius 3 is 2.73 bits per heavy atom. The lowest BCUT2D eigenvalue weighted by Gasteiger charge is -2.08. The first kappa shape index (κ1) is 12.8. The maximum atomic E-state index is 12.6. The zero-order valence-corrected chi connectivity index (χ0v) is 11.2. The Morgan fingerprint density at radius 2 is 2.27 bits per heavy atom. The molecule has 1 aromatic rings. The van der Waals surface area contributed by atoms with Crippen molar-refractivity contribution in [3.63, 3.8) is 0 Å². The second-order valence-electron chi connectivity index (χ2n) is 2.74. The Hall–Kier alpha value is -0.290. The molecule has 6 heteroatoms. The average Bonchev–Trinajstić information content (AvgIpc) is 2.18. The van der Waals surface area contributed by atoms with Gasteiger partial charge in [-0.1, -0.05) is 15.9 Å². The minimum atomic E-state index is -2.59. The number of alkyl halides is 3. The van der Waals surface area contributed by atoms with E-state index in [4.69, 9.17) is 5.26 Å². The van der Waals surface area contributed by atoms with E-state index < -0.39 is 6.43 Å². The van der Waals surface area contributed by atoms with E-state index in [1.807, 2.05) is 28.7 Å². The Labute approximate surface area is 108 Å². The first-order valence-electron chi connectivity index (χ1n) is 3.99. The summed E-state index contributed by atoms with van der Waals surface area (Å²) in [5.74, 6) is 0. The van der Waals surface area contributed by atoms with Crippen LogP contribution in [0.15, 0.2) is 6.07 Å². The minimum absolute atomic E-state index is 0.0851. The normalized spacial score (nSPS) is 10.4. The van der Waals surface area contributed by atoms with Gasteiger partial charge in [0, 0.05) is 10.9 Å². The van der Waals surface area contributed by atoms with Gasteiger partial charge in [-0.15, -0.1) is 0 Å². The fourth-order valence-corrected chi connectivity index (χ4v) is 2.67. The maximum absolute atomic E-state index is 12.6. The zero-order valence-electron chi connectivity index (χ0n) is 7.48. The Kier molecular flexibility index (Phi) is 4.86. The number of nitrogens with zero attached hydrogens (tertiary/aromatic N) is 2. The summed E-state index contributed by atoms with van der Waals surface area (Å²) in [5, 5.41) is 8.97. The molecule has 0 saturated carbocycles. The molecule has 15 heavy (non-hydrogen) atoms. The largest absolute Gasteiger partial charge is 0.265 e. The van der Waals surface area contributed by atoms with Crippen LogP contribution in [0.4, 0.5) is 8.78 Å². The number of pyridine rings is 1.